The van der Waals surface area contributed by atoms with Crippen molar-refractivity contribution in [1.29, 1.82) is 0 Å². The first-order valence-electron chi connectivity index (χ1n) is 6.17. The number of benzene rings is 1. The maximum atomic E-state index is 9.86. The first-order valence-corrected chi connectivity index (χ1v) is 6.17. The molecule has 1 N–H and O–H groups in total. The molecule has 16 heavy (non-hydrogen) atoms. The average molecular weight is 221 g/mol. The van der Waals surface area contributed by atoms with Crippen LogP contribution in [0.15, 0.2) is 24.3 Å². The van der Waals surface area contributed by atoms with Gasteiger partial charge in [0.15, 0.2) is 0 Å². The molecule has 0 bridgehead atoms. The number of hydrogen-bond acceptors (Lipinski definition) is 2. The van der Waals surface area contributed by atoms with Crippen LogP contribution in [-0.2, 0) is 0 Å². The molecule has 0 amide bonds. The van der Waals surface area contributed by atoms with E-state index in [2.05, 4.69) is 49.9 Å². The molecule has 1 atom stereocenters. The minimum absolute atomic E-state index is 0.218. The molecule has 0 aromatic heterocycles. The zero-order chi connectivity index (χ0) is 12.0. The summed E-state index contributed by atoms with van der Waals surface area (Å²) in [6, 6.07) is 8.34. The van der Waals surface area contributed by atoms with Crippen molar-refractivity contribution in [3.8, 4) is 0 Å². The normalized spacial score (nSPS) is 12.5. The van der Waals surface area contributed by atoms with E-state index in [9.17, 15) is 5.11 Å². The number of aliphatic hydroxyl groups is 1. The third-order valence-electron chi connectivity index (χ3n) is 2.89. The summed E-state index contributed by atoms with van der Waals surface area (Å²) >= 11 is 0. The van der Waals surface area contributed by atoms with E-state index in [-0.39, 0.29) is 6.10 Å². The Bertz CT molecular complexity index is 311. The molecule has 0 aliphatic rings. The van der Waals surface area contributed by atoms with Crippen LogP contribution in [-0.4, -0.2) is 24.3 Å². The lowest BCUT2D eigenvalue weighted by molar-refractivity contribution is 0.169. The van der Waals surface area contributed by atoms with Gasteiger partial charge in [0.05, 0.1) is 6.10 Å². The number of aliphatic hydroxyl groups excluding tert-OH is 1. The van der Waals surface area contributed by atoms with E-state index in [4.69, 9.17) is 0 Å². The third kappa shape index (κ3) is 3.53. The third-order valence-corrected chi connectivity index (χ3v) is 2.89. The zero-order valence-corrected chi connectivity index (χ0v) is 10.6. The van der Waals surface area contributed by atoms with E-state index in [1.54, 1.807) is 0 Å². The van der Waals surface area contributed by atoms with Gasteiger partial charge in [0.25, 0.3) is 0 Å². The Morgan fingerprint density at radius 1 is 1.25 bits per heavy atom. The van der Waals surface area contributed by atoms with Crippen LogP contribution in [0.2, 0.25) is 0 Å². The van der Waals surface area contributed by atoms with Crippen LogP contribution < -0.4 is 4.90 Å². The van der Waals surface area contributed by atoms with Gasteiger partial charge in [0, 0.05) is 18.8 Å². The van der Waals surface area contributed by atoms with Crippen molar-refractivity contribution in [1.82, 2.24) is 0 Å². The van der Waals surface area contributed by atoms with Crippen LogP contribution in [0.3, 0.4) is 0 Å². The first kappa shape index (κ1) is 13.0. The van der Waals surface area contributed by atoms with E-state index < -0.39 is 0 Å². The van der Waals surface area contributed by atoms with Crippen molar-refractivity contribution in [2.24, 2.45) is 0 Å². The fraction of sp³-hybridized carbons (Fsp3) is 0.571. The van der Waals surface area contributed by atoms with E-state index in [1.165, 1.54) is 11.3 Å². The van der Waals surface area contributed by atoms with Gasteiger partial charge in [0.1, 0.15) is 0 Å². The predicted octanol–water partition coefficient (Wildman–Crippen LogP) is 2.98. The molecule has 0 heterocycles. The largest absolute Gasteiger partial charge is 0.391 e. The minimum atomic E-state index is -0.218. The monoisotopic (exact) mass is 221 g/mol. The summed E-state index contributed by atoms with van der Waals surface area (Å²) in [5.41, 5.74) is 2.51. The van der Waals surface area contributed by atoms with Crippen LogP contribution in [0.25, 0.3) is 0 Å². The van der Waals surface area contributed by atoms with Crippen molar-refractivity contribution >= 4 is 5.69 Å². The van der Waals surface area contributed by atoms with Gasteiger partial charge in [-0.15, -0.1) is 0 Å². The molecular formula is C14H23NO. The second-order valence-corrected chi connectivity index (χ2v) is 4.27. The summed E-state index contributed by atoms with van der Waals surface area (Å²) in [7, 11) is 0. The van der Waals surface area contributed by atoms with Crippen molar-refractivity contribution in [3.63, 3.8) is 0 Å². The van der Waals surface area contributed by atoms with E-state index in [0.717, 1.165) is 25.9 Å². The number of aryl methyl sites for hydroxylation is 1. The molecular weight excluding hydrogens is 198 g/mol. The molecule has 1 unspecified atom stereocenters. The SMILES string of the molecule is CCCC(O)CN(CC)c1ccccc1C. The molecule has 0 spiro atoms. The molecule has 0 aliphatic carbocycles. The quantitative estimate of drug-likeness (QED) is 0.798. The highest BCUT2D eigenvalue weighted by Crippen LogP contribution is 2.19. The summed E-state index contributed by atoms with van der Waals surface area (Å²) in [6.45, 7) is 8.02. The van der Waals surface area contributed by atoms with Gasteiger partial charge >= 0.3 is 0 Å². The van der Waals surface area contributed by atoms with E-state index in [0.29, 0.717) is 0 Å². The van der Waals surface area contributed by atoms with Gasteiger partial charge < -0.3 is 10.0 Å². The summed E-state index contributed by atoms with van der Waals surface area (Å²) in [4.78, 5) is 2.25. The number of likely N-dealkylation sites (N-methyl/N-ethyl adjacent to an activating group) is 1. The average Bonchev–Trinajstić information content (AvgIpc) is 2.27. The molecule has 1 aromatic carbocycles. The van der Waals surface area contributed by atoms with Crippen LogP contribution in [0, 0.1) is 6.92 Å². The summed E-state index contributed by atoms with van der Waals surface area (Å²) in [5, 5.41) is 9.86. The van der Waals surface area contributed by atoms with Gasteiger partial charge in [-0.2, -0.15) is 0 Å². The van der Waals surface area contributed by atoms with Gasteiger partial charge in [-0.1, -0.05) is 31.5 Å². The first-order chi connectivity index (χ1) is 7.69. The second kappa shape index (κ2) is 6.54. The number of hydrogen-bond donors (Lipinski definition) is 1. The van der Waals surface area contributed by atoms with Crippen molar-refractivity contribution in [2.45, 2.75) is 39.7 Å². The number of rotatable bonds is 6. The second-order valence-electron chi connectivity index (χ2n) is 4.27. The van der Waals surface area contributed by atoms with Crippen molar-refractivity contribution < 1.29 is 5.11 Å². The Balaban J connectivity index is 2.71. The standard InChI is InChI=1S/C14H23NO/c1-4-8-13(16)11-15(5-2)14-10-7-6-9-12(14)3/h6-7,9-10,13,16H,4-5,8,11H2,1-3H3. The van der Waals surface area contributed by atoms with Crippen molar-refractivity contribution in [3.05, 3.63) is 29.8 Å². The number of para-hydroxylation sites is 1. The van der Waals surface area contributed by atoms with Gasteiger partial charge in [-0.3, -0.25) is 0 Å². The van der Waals surface area contributed by atoms with Crippen LogP contribution in [0.5, 0.6) is 0 Å². The number of anilines is 1. The fourth-order valence-corrected chi connectivity index (χ4v) is 1.99. The Kier molecular flexibility index (Phi) is 5.33. The molecule has 0 saturated heterocycles. The van der Waals surface area contributed by atoms with Crippen LogP contribution >= 0.6 is 0 Å². The Hall–Kier alpha value is -1.02. The minimum Gasteiger partial charge on any atom is -0.391 e. The van der Waals surface area contributed by atoms with Crippen LogP contribution in [0.4, 0.5) is 5.69 Å². The topological polar surface area (TPSA) is 23.5 Å². The Morgan fingerprint density at radius 3 is 2.50 bits per heavy atom. The Morgan fingerprint density at radius 2 is 1.94 bits per heavy atom. The summed E-state index contributed by atoms with van der Waals surface area (Å²) in [6.07, 6.45) is 1.69. The molecule has 1 rings (SSSR count). The van der Waals surface area contributed by atoms with E-state index >= 15 is 0 Å². The fourth-order valence-electron chi connectivity index (χ4n) is 1.99. The maximum Gasteiger partial charge on any atom is 0.0715 e. The summed E-state index contributed by atoms with van der Waals surface area (Å²) < 4.78 is 0. The molecule has 0 radical (unpaired) electrons. The highest BCUT2D eigenvalue weighted by molar-refractivity contribution is 5.52. The molecule has 0 aliphatic heterocycles. The Labute approximate surface area is 98.9 Å². The smallest absolute Gasteiger partial charge is 0.0715 e. The van der Waals surface area contributed by atoms with Gasteiger partial charge in [-0.25, -0.2) is 0 Å². The molecule has 2 heteroatoms. The van der Waals surface area contributed by atoms with Gasteiger partial charge in [-0.05, 0) is 31.9 Å². The zero-order valence-electron chi connectivity index (χ0n) is 10.6. The summed E-state index contributed by atoms with van der Waals surface area (Å²) in [5.74, 6) is 0. The molecule has 90 valence electrons. The predicted molar refractivity (Wildman–Crippen MR) is 70.0 cm³/mol. The lowest BCUT2D eigenvalue weighted by Crippen LogP contribution is -2.32. The maximum absolute atomic E-state index is 9.86. The molecule has 0 fully saturated rings. The van der Waals surface area contributed by atoms with Crippen molar-refractivity contribution in [2.75, 3.05) is 18.0 Å². The number of nitrogens with zero attached hydrogens (tertiary/aromatic N) is 1. The highest BCUT2D eigenvalue weighted by Gasteiger charge is 2.11. The lowest BCUT2D eigenvalue weighted by atomic mass is 10.1. The lowest BCUT2D eigenvalue weighted by Gasteiger charge is -2.27. The van der Waals surface area contributed by atoms with E-state index in [1.807, 2.05) is 0 Å². The van der Waals surface area contributed by atoms with Crippen LogP contribution in [0.1, 0.15) is 32.3 Å². The highest BCUT2D eigenvalue weighted by atomic mass is 16.3. The molecule has 2 nitrogen and oxygen atoms in total. The van der Waals surface area contributed by atoms with Gasteiger partial charge in [0.2, 0.25) is 0 Å². The molecule has 0 saturated carbocycles. The molecule has 1 aromatic rings.